The highest BCUT2D eigenvalue weighted by atomic mass is 16.3. The highest BCUT2D eigenvalue weighted by Crippen LogP contribution is 2.28. The summed E-state index contributed by atoms with van der Waals surface area (Å²) >= 11 is 0. The van der Waals surface area contributed by atoms with Gasteiger partial charge in [0.05, 0.1) is 6.61 Å². The van der Waals surface area contributed by atoms with E-state index in [1.807, 2.05) is 4.90 Å². The second kappa shape index (κ2) is 5.48. The van der Waals surface area contributed by atoms with Crippen molar-refractivity contribution in [2.75, 3.05) is 13.2 Å². The predicted molar refractivity (Wildman–Crippen MR) is 62.9 cm³/mol. The van der Waals surface area contributed by atoms with E-state index < -0.39 is 0 Å². The van der Waals surface area contributed by atoms with Crippen LogP contribution in [-0.2, 0) is 4.79 Å². The number of hydrogen-bond donors (Lipinski definition) is 1. The van der Waals surface area contributed by atoms with Crippen LogP contribution in [0.5, 0.6) is 0 Å². The lowest BCUT2D eigenvalue weighted by Crippen LogP contribution is -2.48. The van der Waals surface area contributed by atoms with Crippen LogP contribution in [0.3, 0.4) is 0 Å². The summed E-state index contributed by atoms with van der Waals surface area (Å²) in [6.45, 7) is 0.606. The highest BCUT2D eigenvalue weighted by molar-refractivity contribution is 5.79. The number of aliphatic hydroxyl groups excluding tert-OH is 1. The smallest absolute Gasteiger partial charge is 0.226 e. The largest absolute Gasteiger partial charge is 0.395 e. The van der Waals surface area contributed by atoms with Crippen LogP contribution < -0.4 is 0 Å². The van der Waals surface area contributed by atoms with Crippen molar-refractivity contribution in [2.45, 2.75) is 44.6 Å². The summed E-state index contributed by atoms with van der Waals surface area (Å²) < 4.78 is 0. The Hall–Kier alpha value is -0.830. The second-order valence-corrected chi connectivity index (χ2v) is 4.82. The fourth-order valence-electron chi connectivity index (χ4n) is 2.53. The molecule has 0 spiro atoms. The SMILES string of the molecule is O=C(C1CC=CCC1)N(CCO)C1CCC1. The van der Waals surface area contributed by atoms with E-state index in [9.17, 15) is 4.79 Å². The fourth-order valence-corrected chi connectivity index (χ4v) is 2.53. The quantitative estimate of drug-likeness (QED) is 0.737. The lowest BCUT2D eigenvalue weighted by atomic mass is 9.88. The van der Waals surface area contributed by atoms with Gasteiger partial charge in [0.15, 0.2) is 0 Å². The summed E-state index contributed by atoms with van der Waals surface area (Å²) in [5, 5.41) is 9.04. The Labute approximate surface area is 97.1 Å². The predicted octanol–water partition coefficient (Wildman–Crippen LogP) is 1.72. The molecule has 0 aliphatic heterocycles. The first-order chi connectivity index (χ1) is 7.83. The molecule has 0 bridgehead atoms. The van der Waals surface area contributed by atoms with Crippen LogP contribution >= 0.6 is 0 Å². The minimum absolute atomic E-state index is 0.0881. The molecule has 0 saturated heterocycles. The number of carbonyl (C=O) groups is 1. The molecular formula is C13H21NO2. The topological polar surface area (TPSA) is 40.5 Å². The van der Waals surface area contributed by atoms with Gasteiger partial charge in [0.1, 0.15) is 0 Å². The number of nitrogens with zero attached hydrogens (tertiary/aromatic N) is 1. The molecule has 0 radical (unpaired) electrons. The van der Waals surface area contributed by atoms with Gasteiger partial charge in [0.25, 0.3) is 0 Å². The Morgan fingerprint density at radius 1 is 1.31 bits per heavy atom. The van der Waals surface area contributed by atoms with Crippen LogP contribution in [0, 0.1) is 5.92 Å². The standard InChI is InChI=1S/C13H21NO2/c15-10-9-14(12-7-4-8-12)13(16)11-5-2-1-3-6-11/h1-2,11-12,15H,3-10H2. The summed E-state index contributed by atoms with van der Waals surface area (Å²) in [5.74, 6) is 0.431. The van der Waals surface area contributed by atoms with Gasteiger partial charge in [0, 0.05) is 18.5 Å². The van der Waals surface area contributed by atoms with E-state index in [1.165, 1.54) is 6.42 Å². The Morgan fingerprint density at radius 3 is 2.62 bits per heavy atom. The molecular weight excluding hydrogens is 202 g/mol. The molecule has 1 amide bonds. The number of allylic oxidation sites excluding steroid dienone is 2. The summed E-state index contributed by atoms with van der Waals surface area (Å²) in [4.78, 5) is 14.2. The van der Waals surface area contributed by atoms with Gasteiger partial charge in [-0.2, -0.15) is 0 Å². The number of carbonyl (C=O) groups excluding carboxylic acids is 1. The van der Waals surface area contributed by atoms with E-state index in [4.69, 9.17) is 5.11 Å². The lowest BCUT2D eigenvalue weighted by Gasteiger charge is -2.39. The third kappa shape index (κ3) is 2.46. The molecule has 0 aromatic rings. The van der Waals surface area contributed by atoms with Crippen molar-refractivity contribution in [1.82, 2.24) is 4.90 Å². The average molecular weight is 223 g/mol. The van der Waals surface area contributed by atoms with Crippen molar-refractivity contribution in [1.29, 1.82) is 0 Å². The molecule has 0 heterocycles. The molecule has 1 saturated carbocycles. The van der Waals surface area contributed by atoms with E-state index in [0.29, 0.717) is 12.6 Å². The minimum Gasteiger partial charge on any atom is -0.395 e. The number of amides is 1. The molecule has 2 aliphatic rings. The van der Waals surface area contributed by atoms with Crippen LogP contribution in [0.15, 0.2) is 12.2 Å². The van der Waals surface area contributed by atoms with Crippen molar-refractivity contribution < 1.29 is 9.90 Å². The first-order valence-corrected chi connectivity index (χ1v) is 6.39. The van der Waals surface area contributed by atoms with Crippen molar-refractivity contribution >= 4 is 5.91 Å². The van der Waals surface area contributed by atoms with Gasteiger partial charge >= 0.3 is 0 Å². The number of rotatable bonds is 4. The third-order valence-corrected chi connectivity index (χ3v) is 3.76. The zero-order valence-corrected chi connectivity index (χ0v) is 9.77. The van der Waals surface area contributed by atoms with Gasteiger partial charge in [-0.1, -0.05) is 12.2 Å². The molecule has 1 fully saturated rings. The van der Waals surface area contributed by atoms with Gasteiger partial charge in [-0.15, -0.1) is 0 Å². The summed E-state index contributed by atoms with van der Waals surface area (Å²) in [5.41, 5.74) is 0. The zero-order chi connectivity index (χ0) is 11.4. The van der Waals surface area contributed by atoms with E-state index >= 15 is 0 Å². The van der Waals surface area contributed by atoms with Gasteiger partial charge in [-0.25, -0.2) is 0 Å². The molecule has 2 aliphatic carbocycles. The second-order valence-electron chi connectivity index (χ2n) is 4.82. The number of aliphatic hydroxyl groups is 1. The maximum Gasteiger partial charge on any atom is 0.226 e. The molecule has 1 atom stereocenters. The van der Waals surface area contributed by atoms with Crippen molar-refractivity contribution in [2.24, 2.45) is 5.92 Å². The molecule has 0 aromatic carbocycles. The van der Waals surface area contributed by atoms with E-state index in [-0.39, 0.29) is 18.4 Å². The highest BCUT2D eigenvalue weighted by Gasteiger charge is 2.32. The van der Waals surface area contributed by atoms with Crippen molar-refractivity contribution in [3.8, 4) is 0 Å². The first kappa shape index (κ1) is 11.6. The molecule has 2 rings (SSSR count). The van der Waals surface area contributed by atoms with Gasteiger partial charge < -0.3 is 10.0 Å². The average Bonchev–Trinajstić information content (AvgIpc) is 2.26. The maximum atomic E-state index is 12.3. The van der Waals surface area contributed by atoms with Crippen LogP contribution in [0.2, 0.25) is 0 Å². The molecule has 0 aromatic heterocycles. The molecule has 90 valence electrons. The zero-order valence-electron chi connectivity index (χ0n) is 9.77. The fraction of sp³-hybridized carbons (Fsp3) is 0.769. The van der Waals surface area contributed by atoms with Crippen molar-refractivity contribution in [3.05, 3.63) is 12.2 Å². The lowest BCUT2D eigenvalue weighted by molar-refractivity contribution is -0.140. The maximum absolute atomic E-state index is 12.3. The Balaban J connectivity index is 1.95. The first-order valence-electron chi connectivity index (χ1n) is 6.39. The minimum atomic E-state index is 0.0881. The Bertz CT molecular complexity index is 271. The van der Waals surface area contributed by atoms with Crippen molar-refractivity contribution in [3.63, 3.8) is 0 Å². The van der Waals surface area contributed by atoms with Crippen LogP contribution in [-0.4, -0.2) is 35.1 Å². The molecule has 3 heteroatoms. The van der Waals surface area contributed by atoms with Crippen LogP contribution in [0.25, 0.3) is 0 Å². The molecule has 1 N–H and O–H groups in total. The molecule has 3 nitrogen and oxygen atoms in total. The van der Waals surface area contributed by atoms with Crippen LogP contribution in [0.4, 0.5) is 0 Å². The summed E-state index contributed by atoms with van der Waals surface area (Å²) in [6, 6.07) is 0.408. The van der Waals surface area contributed by atoms with E-state index in [0.717, 1.165) is 32.1 Å². The van der Waals surface area contributed by atoms with Gasteiger partial charge in [-0.05, 0) is 38.5 Å². The monoisotopic (exact) mass is 223 g/mol. The van der Waals surface area contributed by atoms with E-state index in [1.54, 1.807) is 0 Å². The molecule has 16 heavy (non-hydrogen) atoms. The summed E-state index contributed by atoms with van der Waals surface area (Å²) in [7, 11) is 0. The molecule has 1 unspecified atom stereocenters. The summed E-state index contributed by atoms with van der Waals surface area (Å²) in [6.07, 6.45) is 10.6. The third-order valence-electron chi connectivity index (χ3n) is 3.76. The number of hydrogen-bond acceptors (Lipinski definition) is 2. The van der Waals surface area contributed by atoms with E-state index in [2.05, 4.69) is 12.2 Å². The van der Waals surface area contributed by atoms with Crippen LogP contribution in [0.1, 0.15) is 38.5 Å². The van der Waals surface area contributed by atoms with Gasteiger partial charge in [0.2, 0.25) is 5.91 Å². The Morgan fingerprint density at radius 2 is 2.12 bits per heavy atom. The Kier molecular flexibility index (Phi) is 3.99. The van der Waals surface area contributed by atoms with Gasteiger partial charge in [-0.3, -0.25) is 4.79 Å². The normalized spacial score (nSPS) is 25.2.